The van der Waals surface area contributed by atoms with Gasteiger partial charge in [0.2, 0.25) is 0 Å². The Kier molecular flexibility index (Phi) is 4.94. The maximum absolute atomic E-state index is 4.32. The molecule has 0 aliphatic carbocycles. The number of rotatable bonds is 1. The monoisotopic (exact) mass is 235 g/mol. The molecular weight excluding hydrogens is 214 g/mol. The molecule has 0 unspecified atom stereocenters. The maximum Gasteiger partial charge on any atom is 0.0815 e. The molecule has 0 N–H and O–H groups in total. The van der Waals surface area contributed by atoms with Crippen molar-refractivity contribution in [1.29, 1.82) is 0 Å². The molecule has 1 aromatic carbocycles. The van der Waals surface area contributed by atoms with Crippen molar-refractivity contribution in [2.24, 2.45) is 0 Å². The van der Waals surface area contributed by atoms with Gasteiger partial charge in [0.05, 0.1) is 15.7 Å². The molecule has 0 saturated carbocycles. The van der Waals surface area contributed by atoms with E-state index < -0.39 is 0 Å². The summed E-state index contributed by atoms with van der Waals surface area (Å²) in [7, 11) is 0. The van der Waals surface area contributed by atoms with Gasteiger partial charge >= 0.3 is 0 Å². The Morgan fingerprint density at radius 1 is 1.25 bits per heavy atom. The van der Waals surface area contributed by atoms with E-state index in [1.54, 1.807) is 11.3 Å². The van der Waals surface area contributed by atoms with Gasteiger partial charge in [-0.3, -0.25) is 0 Å². The number of aryl methyl sites for hydroxylation is 1. The zero-order valence-corrected chi connectivity index (χ0v) is 11.7. The molecule has 0 fully saturated rings. The Labute approximate surface area is 103 Å². The third-order valence-electron chi connectivity index (χ3n) is 2.34. The van der Waals surface area contributed by atoms with E-state index in [0.717, 1.165) is 5.52 Å². The number of benzene rings is 1. The molecule has 0 aliphatic heterocycles. The Hall–Kier alpha value is -0.890. The van der Waals surface area contributed by atoms with Crippen molar-refractivity contribution in [1.82, 2.24) is 4.98 Å². The Bertz CT molecular complexity index is 443. The summed E-state index contributed by atoms with van der Waals surface area (Å²) in [6.07, 6.45) is 1.25. The standard InChI is InChI=1S/C11H13NS.C3H8/c1-7(2)9-5-10-11(4-8(9)3)13-6-12-10;1-3-2/h4-7H,1-3H3;3H2,1-2H3. The van der Waals surface area contributed by atoms with Crippen LogP contribution in [-0.2, 0) is 0 Å². The van der Waals surface area contributed by atoms with E-state index in [1.807, 2.05) is 5.51 Å². The molecule has 88 valence electrons. The Morgan fingerprint density at radius 2 is 1.88 bits per heavy atom. The lowest BCUT2D eigenvalue weighted by atomic mass is 9.98. The van der Waals surface area contributed by atoms with Crippen LogP contribution in [0.15, 0.2) is 17.6 Å². The minimum atomic E-state index is 0.589. The lowest BCUT2D eigenvalue weighted by Crippen LogP contribution is -1.91. The van der Waals surface area contributed by atoms with Crippen LogP contribution in [0.25, 0.3) is 10.2 Å². The normalized spacial score (nSPS) is 10.4. The van der Waals surface area contributed by atoms with Crippen LogP contribution in [0.1, 0.15) is 51.2 Å². The molecule has 0 atom stereocenters. The molecule has 1 nitrogen and oxygen atoms in total. The zero-order valence-electron chi connectivity index (χ0n) is 10.9. The smallest absolute Gasteiger partial charge is 0.0815 e. The van der Waals surface area contributed by atoms with Crippen molar-refractivity contribution in [2.75, 3.05) is 0 Å². The van der Waals surface area contributed by atoms with Gasteiger partial charge in [-0.05, 0) is 36.1 Å². The fourth-order valence-electron chi connectivity index (χ4n) is 1.64. The van der Waals surface area contributed by atoms with E-state index in [9.17, 15) is 0 Å². The lowest BCUT2D eigenvalue weighted by Gasteiger charge is -2.08. The van der Waals surface area contributed by atoms with Crippen LogP contribution in [0.5, 0.6) is 0 Å². The van der Waals surface area contributed by atoms with E-state index in [4.69, 9.17) is 0 Å². The van der Waals surface area contributed by atoms with Crippen LogP contribution in [-0.4, -0.2) is 4.98 Å². The number of hydrogen-bond donors (Lipinski definition) is 0. The largest absolute Gasteiger partial charge is 0.245 e. The first kappa shape index (κ1) is 13.2. The molecular formula is C14H21NS. The van der Waals surface area contributed by atoms with Crippen LogP contribution < -0.4 is 0 Å². The van der Waals surface area contributed by atoms with Gasteiger partial charge < -0.3 is 0 Å². The van der Waals surface area contributed by atoms with E-state index in [0.29, 0.717) is 5.92 Å². The predicted octanol–water partition coefficient (Wildman–Crippen LogP) is 5.14. The molecule has 0 aliphatic rings. The predicted molar refractivity (Wildman–Crippen MR) is 74.4 cm³/mol. The molecule has 2 aromatic rings. The third kappa shape index (κ3) is 3.05. The third-order valence-corrected chi connectivity index (χ3v) is 3.13. The highest BCUT2D eigenvalue weighted by Gasteiger charge is 2.06. The second-order valence-corrected chi connectivity index (χ2v) is 5.28. The molecule has 1 heterocycles. The summed E-state index contributed by atoms with van der Waals surface area (Å²) < 4.78 is 1.29. The average Bonchev–Trinajstić information content (AvgIpc) is 2.64. The summed E-state index contributed by atoms with van der Waals surface area (Å²) in [5.41, 5.74) is 5.85. The van der Waals surface area contributed by atoms with Crippen molar-refractivity contribution in [3.8, 4) is 0 Å². The first-order valence-electron chi connectivity index (χ1n) is 5.93. The van der Waals surface area contributed by atoms with Crippen molar-refractivity contribution >= 4 is 21.6 Å². The van der Waals surface area contributed by atoms with Crippen molar-refractivity contribution in [3.63, 3.8) is 0 Å². The number of hydrogen-bond acceptors (Lipinski definition) is 2. The summed E-state index contributed by atoms with van der Waals surface area (Å²) in [6, 6.07) is 4.45. The summed E-state index contributed by atoms with van der Waals surface area (Å²) >= 11 is 1.71. The van der Waals surface area contributed by atoms with Crippen LogP contribution in [0.4, 0.5) is 0 Å². The first-order valence-corrected chi connectivity index (χ1v) is 6.81. The van der Waals surface area contributed by atoms with Gasteiger partial charge in [0.1, 0.15) is 0 Å². The molecule has 1 aromatic heterocycles. The average molecular weight is 235 g/mol. The fraction of sp³-hybridized carbons (Fsp3) is 0.500. The molecule has 0 amide bonds. The summed E-state index contributed by atoms with van der Waals surface area (Å²) in [5, 5.41) is 0. The highest BCUT2D eigenvalue weighted by Crippen LogP contribution is 2.26. The van der Waals surface area contributed by atoms with Crippen molar-refractivity contribution in [3.05, 3.63) is 28.8 Å². The SMILES string of the molecule is CCC.Cc1cc2scnc2cc1C(C)C. The fourth-order valence-corrected chi connectivity index (χ4v) is 2.40. The van der Waals surface area contributed by atoms with Crippen molar-refractivity contribution in [2.45, 2.75) is 47.0 Å². The maximum atomic E-state index is 4.32. The highest BCUT2D eigenvalue weighted by atomic mass is 32.1. The second kappa shape index (κ2) is 6.00. The van der Waals surface area contributed by atoms with Crippen LogP contribution in [0.2, 0.25) is 0 Å². The van der Waals surface area contributed by atoms with Gasteiger partial charge in [0.25, 0.3) is 0 Å². The number of nitrogens with zero attached hydrogens (tertiary/aromatic N) is 1. The first-order chi connectivity index (χ1) is 7.60. The van der Waals surface area contributed by atoms with E-state index in [2.05, 4.69) is 51.7 Å². The number of thiazole rings is 1. The topological polar surface area (TPSA) is 12.9 Å². The number of aromatic nitrogens is 1. The van der Waals surface area contributed by atoms with E-state index >= 15 is 0 Å². The van der Waals surface area contributed by atoms with Gasteiger partial charge in [-0.15, -0.1) is 11.3 Å². The highest BCUT2D eigenvalue weighted by molar-refractivity contribution is 7.16. The quantitative estimate of drug-likeness (QED) is 0.666. The van der Waals surface area contributed by atoms with Gasteiger partial charge in [0, 0.05) is 0 Å². The molecule has 0 bridgehead atoms. The minimum Gasteiger partial charge on any atom is -0.245 e. The molecule has 2 rings (SSSR count). The molecule has 0 spiro atoms. The summed E-state index contributed by atoms with van der Waals surface area (Å²) in [4.78, 5) is 4.32. The molecule has 0 radical (unpaired) electrons. The van der Waals surface area contributed by atoms with Gasteiger partial charge in [-0.25, -0.2) is 4.98 Å². The number of fused-ring (bicyclic) bond motifs is 1. The Balaban J connectivity index is 0.000000386. The van der Waals surface area contributed by atoms with Gasteiger partial charge in [0.15, 0.2) is 0 Å². The molecule has 0 saturated heterocycles. The van der Waals surface area contributed by atoms with E-state index in [-0.39, 0.29) is 0 Å². The van der Waals surface area contributed by atoms with Crippen molar-refractivity contribution < 1.29 is 0 Å². The van der Waals surface area contributed by atoms with Gasteiger partial charge in [-0.1, -0.05) is 34.1 Å². The molecule has 16 heavy (non-hydrogen) atoms. The van der Waals surface area contributed by atoms with E-state index in [1.165, 1.54) is 22.2 Å². The van der Waals surface area contributed by atoms with Gasteiger partial charge in [-0.2, -0.15) is 0 Å². The zero-order chi connectivity index (χ0) is 12.1. The molecule has 2 heteroatoms. The second-order valence-electron chi connectivity index (χ2n) is 4.39. The lowest BCUT2D eigenvalue weighted by molar-refractivity contribution is 0.858. The Morgan fingerprint density at radius 3 is 2.44 bits per heavy atom. The summed E-state index contributed by atoms with van der Waals surface area (Å²) in [6.45, 7) is 10.9. The minimum absolute atomic E-state index is 0.589. The van der Waals surface area contributed by atoms with Crippen LogP contribution in [0, 0.1) is 6.92 Å². The van der Waals surface area contributed by atoms with Crippen LogP contribution in [0.3, 0.4) is 0 Å². The van der Waals surface area contributed by atoms with Crippen LogP contribution >= 0.6 is 11.3 Å². The summed E-state index contributed by atoms with van der Waals surface area (Å²) in [5.74, 6) is 0.589.